The molecule has 0 atom stereocenters. The number of aromatic nitrogens is 3. The summed E-state index contributed by atoms with van der Waals surface area (Å²) in [5.41, 5.74) is -0.777. The Balaban J connectivity index is 1.80. The molecule has 0 radical (unpaired) electrons. The molecule has 1 amide bonds. The van der Waals surface area contributed by atoms with Gasteiger partial charge in [-0.3, -0.25) is 9.20 Å². The molecule has 4 rings (SSSR count). The van der Waals surface area contributed by atoms with E-state index in [1.165, 1.54) is 71.2 Å². The molecule has 0 aliphatic heterocycles. The predicted octanol–water partition coefficient (Wildman–Crippen LogP) is 4.91. The van der Waals surface area contributed by atoms with Crippen molar-refractivity contribution in [1.29, 1.82) is 0 Å². The lowest BCUT2D eigenvalue weighted by atomic mass is 10.1. The summed E-state index contributed by atoms with van der Waals surface area (Å²) in [6.07, 6.45) is -1.62. The molecule has 1 N–H and O–H groups in total. The van der Waals surface area contributed by atoms with Crippen LogP contribution >= 0.6 is 0 Å². The Hall–Kier alpha value is -3.95. The molecule has 4 aromatic rings. The Morgan fingerprint density at radius 3 is 2.48 bits per heavy atom. The quantitative estimate of drug-likeness (QED) is 0.469. The number of rotatable bonds is 4. The fraction of sp³-hybridized carbons (Fsp3) is 0.0952. The number of fused-ring (bicyclic) bond motifs is 1. The summed E-state index contributed by atoms with van der Waals surface area (Å²) in [6, 6.07) is 11.7. The lowest BCUT2D eigenvalue weighted by molar-refractivity contribution is -0.136. The highest BCUT2D eigenvalue weighted by Crippen LogP contribution is 2.36. The van der Waals surface area contributed by atoms with Crippen molar-refractivity contribution in [2.24, 2.45) is 0 Å². The molecular weight excluding hydrogens is 414 g/mol. The molecule has 0 spiro atoms. The van der Waals surface area contributed by atoms with Gasteiger partial charge in [-0.15, -0.1) is 0 Å². The van der Waals surface area contributed by atoms with Gasteiger partial charge in [0.15, 0.2) is 11.5 Å². The summed E-state index contributed by atoms with van der Waals surface area (Å²) in [4.78, 5) is 22.8. The van der Waals surface area contributed by atoms with Crippen molar-refractivity contribution in [1.82, 2.24) is 14.4 Å². The summed E-state index contributed by atoms with van der Waals surface area (Å²) < 4.78 is 54.9. The van der Waals surface area contributed by atoms with Crippen molar-refractivity contribution in [3.63, 3.8) is 0 Å². The van der Waals surface area contributed by atoms with Gasteiger partial charge in [-0.1, -0.05) is 12.1 Å². The van der Waals surface area contributed by atoms with Gasteiger partial charge in [-0.25, -0.2) is 9.37 Å². The maximum atomic E-state index is 13.4. The molecule has 0 unspecified atom stereocenters. The highest BCUT2D eigenvalue weighted by molar-refractivity contribution is 6.08. The number of hydrogen-bond acceptors (Lipinski definition) is 4. The van der Waals surface area contributed by atoms with Gasteiger partial charge >= 0.3 is 6.18 Å². The first-order valence-corrected chi connectivity index (χ1v) is 9.05. The Morgan fingerprint density at radius 2 is 1.77 bits per heavy atom. The molecule has 0 bridgehead atoms. The Kier molecular flexibility index (Phi) is 5.05. The van der Waals surface area contributed by atoms with Crippen molar-refractivity contribution < 1.29 is 22.4 Å². The first-order chi connectivity index (χ1) is 14.8. The van der Waals surface area contributed by atoms with E-state index in [9.17, 15) is 22.4 Å². The molecule has 31 heavy (non-hydrogen) atoms. The van der Waals surface area contributed by atoms with Crippen molar-refractivity contribution in [2.45, 2.75) is 6.18 Å². The van der Waals surface area contributed by atoms with Crippen molar-refractivity contribution in [3.05, 3.63) is 84.1 Å². The van der Waals surface area contributed by atoms with Crippen LogP contribution in [0.5, 0.6) is 0 Å². The SMILES string of the molecule is CN(C(=O)c1c(Nc2ccccc2C(F)(F)F)nc2ncccn12)c1ccc(F)cc1. The lowest BCUT2D eigenvalue weighted by Gasteiger charge is -2.18. The molecule has 2 aromatic carbocycles. The summed E-state index contributed by atoms with van der Waals surface area (Å²) in [6.45, 7) is 0. The van der Waals surface area contributed by atoms with E-state index in [-0.39, 0.29) is 23.0 Å². The topological polar surface area (TPSA) is 62.5 Å². The second-order valence-corrected chi connectivity index (χ2v) is 6.61. The number of para-hydroxylation sites is 1. The first kappa shape index (κ1) is 20.3. The van der Waals surface area contributed by atoms with Gasteiger partial charge in [-0.05, 0) is 42.5 Å². The van der Waals surface area contributed by atoms with Crippen LogP contribution in [0.4, 0.5) is 34.8 Å². The fourth-order valence-electron chi connectivity index (χ4n) is 3.09. The third-order valence-electron chi connectivity index (χ3n) is 4.61. The van der Waals surface area contributed by atoms with Crippen molar-refractivity contribution >= 4 is 28.9 Å². The van der Waals surface area contributed by atoms with Crippen LogP contribution in [0.15, 0.2) is 67.0 Å². The zero-order valence-corrected chi connectivity index (χ0v) is 16.1. The number of halogens is 4. The van der Waals surface area contributed by atoms with Gasteiger partial charge in [0.05, 0.1) is 11.3 Å². The van der Waals surface area contributed by atoms with Gasteiger partial charge < -0.3 is 10.2 Å². The number of carbonyl (C=O) groups excluding carboxylic acids is 1. The third kappa shape index (κ3) is 3.91. The number of nitrogens with zero attached hydrogens (tertiary/aromatic N) is 4. The first-order valence-electron chi connectivity index (χ1n) is 9.05. The average Bonchev–Trinajstić information content (AvgIpc) is 3.10. The monoisotopic (exact) mass is 429 g/mol. The van der Waals surface area contributed by atoms with Crippen LogP contribution in [0.2, 0.25) is 0 Å². The minimum absolute atomic E-state index is 0.0214. The van der Waals surface area contributed by atoms with E-state index in [1.54, 1.807) is 6.07 Å². The molecule has 0 aliphatic carbocycles. The minimum atomic E-state index is -4.60. The normalized spacial score (nSPS) is 11.5. The van der Waals surface area contributed by atoms with E-state index in [0.29, 0.717) is 5.69 Å². The second-order valence-electron chi connectivity index (χ2n) is 6.61. The Labute approximate surface area is 173 Å². The maximum absolute atomic E-state index is 13.4. The van der Waals surface area contributed by atoms with E-state index in [4.69, 9.17) is 0 Å². The molecule has 158 valence electrons. The van der Waals surface area contributed by atoms with E-state index in [2.05, 4.69) is 15.3 Å². The smallest absolute Gasteiger partial charge is 0.338 e. The van der Waals surface area contributed by atoms with Crippen LogP contribution in [-0.4, -0.2) is 27.3 Å². The van der Waals surface area contributed by atoms with Crippen LogP contribution in [0.1, 0.15) is 16.1 Å². The largest absolute Gasteiger partial charge is 0.418 e. The summed E-state index contributed by atoms with van der Waals surface area (Å²) >= 11 is 0. The van der Waals surface area contributed by atoms with Crippen LogP contribution in [0, 0.1) is 5.82 Å². The number of alkyl halides is 3. The number of anilines is 3. The number of amides is 1. The molecule has 2 aromatic heterocycles. The van der Waals surface area contributed by atoms with Gasteiger partial charge in [0.2, 0.25) is 5.78 Å². The summed E-state index contributed by atoms with van der Waals surface area (Å²) in [5, 5.41) is 2.63. The number of nitrogens with one attached hydrogen (secondary N) is 1. The Morgan fingerprint density at radius 1 is 1.06 bits per heavy atom. The van der Waals surface area contributed by atoms with E-state index in [0.717, 1.165) is 6.07 Å². The van der Waals surface area contributed by atoms with Crippen molar-refractivity contribution in [3.8, 4) is 0 Å². The molecule has 0 fully saturated rings. The third-order valence-corrected chi connectivity index (χ3v) is 4.61. The van der Waals surface area contributed by atoms with E-state index < -0.39 is 23.5 Å². The molecule has 10 heteroatoms. The minimum Gasteiger partial charge on any atom is -0.338 e. The zero-order valence-electron chi connectivity index (χ0n) is 16.1. The average molecular weight is 429 g/mol. The van der Waals surface area contributed by atoms with Crippen LogP contribution in [0.3, 0.4) is 0 Å². The fourth-order valence-corrected chi connectivity index (χ4v) is 3.09. The standard InChI is InChI=1S/C21H15F4N5O/c1-29(14-9-7-13(22)8-10-14)19(31)17-18(28-20-26-11-4-12-30(17)20)27-16-6-3-2-5-15(16)21(23,24)25/h2-12,27H,1H3. The van der Waals surface area contributed by atoms with Crippen molar-refractivity contribution in [2.75, 3.05) is 17.3 Å². The van der Waals surface area contributed by atoms with Crippen LogP contribution in [-0.2, 0) is 6.18 Å². The molecule has 0 aliphatic rings. The second kappa shape index (κ2) is 7.71. The molecule has 2 heterocycles. The predicted molar refractivity (Wildman–Crippen MR) is 107 cm³/mol. The molecular formula is C21H15F4N5O. The molecule has 0 saturated carbocycles. The van der Waals surface area contributed by atoms with Crippen LogP contribution < -0.4 is 10.2 Å². The maximum Gasteiger partial charge on any atom is 0.418 e. The number of benzene rings is 2. The number of imidazole rings is 1. The highest BCUT2D eigenvalue weighted by Gasteiger charge is 2.34. The van der Waals surface area contributed by atoms with Gasteiger partial charge in [-0.2, -0.15) is 18.2 Å². The molecule has 0 saturated heterocycles. The number of carbonyl (C=O) groups is 1. The number of hydrogen-bond donors (Lipinski definition) is 1. The Bertz CT molecular complexity index is 1250. The summed E-state index contributed by atoms with van der Waals surface area (Å²) in [5.74, 6) is -0.992. The van der Waals surface area contributed by atoms with Gasteiger partial charge in [0.25, 0.3) is 5.91 Å². The van der Waals surface area contributed by atoms with E-state index in [1.807, 2.05) is 0 Å². The molecule has 6 nitrogen and oxygen atoms in total. The van der Waals surface area contributed by atoms with E-state index >= 15 is 0 Å². The zero-order chi connectivity index (χ0) is 22.2. The van der Waals surface area contributed by atoms with Gasteiger partial charge in [0, 0.05) is 25.1 Å². The lowest BCUT2D eigenvalue weighted by Crippen LogP contribution is -2.28. The summed E-state index contributed by atoms with van der Waals surface area (Å²) in [7, 11) is 1.47. The highest BCUT2D eigenvalue weighted by atomic mass is 19.4. The van der Waals surface area contributed by atoms with Crippen LogP contribution in [0.25, 0.3) is 5.78 Å². The van der Waals surface area contributed by atoms with Gasteiger partial charge in [0.1, 0.15) is 5.82 Å².